The van der Waals surface area contributed by atoms with E-state index in [4.69, 9.17) is 0 Å². The average molecular weight is 402 g/mol. The Morgan fingerprint density at radius 1 is 1.00 bits per heavy atom. The van der Waals surface area contributed by atoms with Gasteiger partial charge >= 0.3 is 0 Å². The molecule has 0 aromatic heterocycles. The molecule has 0 heterocycles. The highest BCUT2D eigenvalue weighted by molar-refractivity contribution is 14.1. The SMILES string of the molecule is O=C(Nc1ccc(I)cc1)c1ccc(Br)cc1. The maximum atomic E-state index is 11.9. The molecule has 17 heavy (non-hydrogen) atoms. The van der Waals surface area contributed by atoms with E-state index < -0.39 is 0 Å². The Labute approximate surface area is 122 Å². The van der Waals surface area contributed by atoms with Gasteiger partial charge in [-0.3, -0.25) is 4.79 Å². The van der Waals surface area contributed by atoms with Crippen LogP contribution in [-0.4, -0.2) is 5.91 Å². The number of anilines is 1. The lowest BCUT2D eigenvalue weighted by Gasteiger charge is -2.05. The summed E-state index contributed by atoms with van der Waals surface area (Å²) < 4.78 is 2.10. The molecule has 1 amide bonds. The van der Waals surface area contributed by atoms with Crippen molar-refractivity contribution in [2.75, 3.05) is 5.32 Å². The molecule has 0 unspecified atom stereocenters. The molecule has 1 N–H and O–H groups in total. The predicted octanol–water partition coefficient (Wildman–Crippen LogP) is 4.31. The Hall–Kier alpha value is -0.880. The number of hydrogen-bond acceptors (Lipinski definition) is 1. The van der Waals surface area contributed by atoms with Crippen LogP contribution in [0.25, 0.3) is 0 Å². The molecule has 0 radical (unpaired) electrons. The van der Waals surface area contributed by atoms with E-state index >= 15 is 0 Å². The van der Waals surface area contributed by atoms with Crippen molar-refractivity contribution < 1.29 is 4.79 Å². The summed E-state index contributed by atoms with van der Waals surface area (Å²) in [7, 11) is 0. The summed E-state index contributed by atoms with van der Waals surface area (Å²) in [5.74, 6) is -0.0984. The second-order valence-electron chi connectivity index (χ2n) is 3.47. The third-order valence-electron chi connectivity index (χ3n) is 2.21. The molecule has 0 aliphatic heterocycles. The number of carbonyl (C=O) groups is 1. The zero-order chi connectivity index (χ0) is 12.3. The average Bonchev–Trinajstić information content (AvgIpc) is 2.33. The molecule has 0 saturated heterocycles. The summed E-state index contributed by atoms with van der Waals surface area (Å²) in [6.45, 7) is 0. The fourth-order valence-electron chi connectivity index (χ4n) is 1.34. The molecular formula is C13H9BrINO. The van der Waals surface area contributed by atoms with E-state index in [1.165, 1.54) is 0 Å². The first-order valence-corrected chi connectivity index (χ1v) is 6.85. The van der Waals surface area contributed by atoms with Gasteiger partial charge in [-0.1, -0.05) is 15.9 Å². The van der Waals surface area contributed by atoms with E-state index in [2.05, 4.69) is 43.8 Å². The molecule has 0 fully saturated rings. The molecule has 0 bridgehead atoms. The molecule has 2 nitrogen and oxygen atoms in total. The second kappa shape index (κ2) is 5.64. The van der Waals surface area contributed by atoms with Crippen molar-refractivity contribution in [2.45, 2.75) is 0 Å². The van der Waals surface area contributed by atoms with E-state index in [9.17, 15) is 4.79 Å². The van der Waals surface area contributed by atoms with E-state index in [0.717, 1.165) is 13.7 Å². The normalized spacial score (nSPS) is 10.0. The van der Waals surface area contributed by atoms with Gasteiger partial charge in [0.2, 0.25) is 0 Å². The summed E-state index contributed by atoms with van der Waals surface area (Å²) in [5.41, 5.74) is 1.45. The number of benzene rings is 2. The Morgan fingerprint density at radius 3 is 2.18 bits per heavy atom. The number of halogens is 2. The molecule has 2 aromatic carbocycles. The molecule has 0 aliphatic rings. The van der Waals surface area contributed by atoms with Gasteiger partial charge < -0.3 is 5.32 Å². The summed E-state index contributed by atoms with van der Waals surface area (Å²) in [6.07, 6.45) is 0. The first-order chi connectivity index (χ1) is 8.15. The lowest BCUT2D eigenvalue weighted by molar-refractivity contribution is 0.102. The van der Waals surface area contributed by atoms with Crippen LogP contribution in [0.4, 0.5) is 5.69 Å². The van der Waals surface area contributed by atoms with Crippen LogP contribution < -0.4 is 5.32 Å². The smallest absolute Gasteiger partial charge is 0.255 e. The van der Waals surface area contributed by atoms with Crippen LogP contribution in [0, 0.1) is 3.57 Å². The van der Waals surface area contributed by atoms with Crippen molar-refractivity contribution in [3.63, 3.8) is 0 Å². The molecule has 2 aromatic rings. The maximum Gasteiger partial charge on any atom is 0.255 e. The van der Waals surface area contributed by atoms with E-state index in [-0.39, 0.29) is 5.91 Å². The van der Waals surface area contributed by atoms with Crippen LogP contribution in [0.3, 0.4) is 0 Å². The largest absolute Gasteiger partial charge is 0.322 e. The van der Waals surface area contributed by atoms with Crippen LogP contribution in [0.15, 0.2) is 53.0 Å². The van der Waals surface area contributed by atoms with E-state index in [1.54, 1.807) is 12.1 Å². The zero-order valence-corrected chi connectivity index (χ0v) is 12.5. The van der Waals surface area contributed by atoms with Gasteiger partial charge in [-0.25, -0.2) is 0 Å². The molecular weight excluding hydrogens is 393 g/mol. The molecule has 0 aliphatic carbocycles. The quantitative estimate of drug-likeness (QED) is 0.746. The van der Waals surface area contributed by atoms with Gasteiger partial charge in [0.15, 0.2) is 0 Å². The Morgan fingerprint density at radius 2 is 1.59 bits per heavy atom. The fraction of sp³-hybridized carbons (Fsp3) is 0. The van der Waals surface area contributed by atoms with Crippen molar-refractivity contribution in [2.24, 2.45) is 0 Å². The number of carbonyl (C=O) groups excluding carboxylic acids is 1. The molecule has 0 atom stereocenters. The van der Waals surface area contributed by atoms with Gasteiger partial charge in [0.1, 0.15) is 0 Å². The van der Waals surface area contributed by atoms with Gasteiger partial charge in [-0.2, -0.15) is 0 Å². The van der Waals surface area contributed by atoms with Crippen molar-refractivity contribution in [3.05, 3.63) is 62.1 Å². The minimum absolute atomic E-state index is 0.0984. The van der Waals surface area contributed by atoms with Crippen LogP contribution in [-0.2, 0) is 0 Å². The van der Waals surface area contributed by atoms with E-state index in [0.29, 0.717) is 5.56 Å². The Balaban J connectivity index is 2.11. The van der Waals surface area contributed by atoms with Crippen molar-refractivity contribution in [1.82, 2.24) is 0 Å². The zero-order valence-electron chi connectivity index (χ0n) is 8.78. The fourth-order valence-corrected chi connectivity index (χ4v) is 1.96. The molecule has 0 spiro atoms. The van der Waals surface area contributed by atoms with Crippen LogP contribution in [0.2, 0.25) is 0 Å². The lowest BCUT2D eigenvalue weighted by Crippen LogP contribution is -2.11. The molecule has 0 saturated carbocycles. The van der Waals surface area contributed by atoms with E-state index in [1.807, 2.05) is 36.4 Å². The third kappa shape index (κ3) is 3.54. The second-order valence-corrected chi connectivity index (χ2v) is 5.63. The number of rotatable bonds is 2. The number of hydrogen-bond donors (Lipinski definition) is 1. The summed E-state index contributed by atoms with van der Waals surface area (Å²) in [4.78, 5) is 11.9. The van der Waals surface area contributed by atoms with Crippen molar-refractivity contribution >= 4 is 50.1 Å². The van der Waals surface area contributed by atoms with Gasteiger partial charge in [0, 0.05) is 19.3 Å². The monoisotopic (exact) mass is 401 g/mol. The minimum atomic E-state index is -0.0984. The van der Waals surface area contributed by atoms with Gasteiger partial charge in [0.05, 0.1) is 0 Å². The maximum absolute atomic E-state index is 11.9. The standard InChI is InChI=1S/C13H9BrINO/c14-10-3-1-9(2-4-10)13(17)16-12-7-5-11(15)6-8-12/h1-8H,(H,16,17). The highest BCUT2D eigenvalue weighted by Crippen LogP contribution is 2.14. The topological polar surface area (TPSA) is 29.1 Å². The lowest BCUT2D eigenvalue weighted by atomic mass is 10.2. The number of nitrogens with one attached hydrogen (secondary N) is 1. The van der Waals surface area contributed by atoms with Crippen LogP contribution in [0.1, 0.15) is 10.4 Å². The summed E-state index contributed by atoms with van der Waals surface area (Å²) in [6, 6.07) is 15.0. The Kier molecular flexibility index (Phi) is 4.17. The van der Waals surface area contributed by atoms with Crippen LogP contribution in [0.5, 0.6) is 0 Å². The third-order valence-corrected chi connectivity index (χ3v) is 3.46. The van der Waals surface area contributed by atoms with Crippen molar-refractivity contribution in [1.29, 1.82) is 0 Å². The summed E-state index contributed by atoms with van der Waals surface area (Å²) in [5, 5.41) is 2.85. The highest BCUT2D eigenvalue weighted by atomic mass is 127. The van der Waals surface area contributed by atoms with Crippen LogP contribution >= 0.6 is 38.5 Å². The predicted molar refractivity (Wildman–Crippen MR) is 81.3 cm³/mol. The first kappa shape index (κ1) is 12.6. The molecule has 2 rings (SSSR count). The summed E-state index contributed by atoms with van der Waals surface area (Å²) >= 11 is 5.56. The van der Waals surface area contributed by atoms with Gasteiger partial charge in [0.25, 0.3) is 5.91 Å². The first-order valence-electron chi connectivity index (χ1n) is 4.97. The Bertz CT molecular complexity index is 522. The van der Waals surface area contributed by atoms with Gasteiger partial charge in [-0.05, 0) is 71.1 Å². The number of amides is 1. The highest BCUT2D eigenvalue weighted by Gasteiger charge is 2.05. The molecule has 4 heteroatoms. The van der Waals surface area contributed by atoms with Gasteiger partial charge in [-0.15, -0.1) is 0 Å². The minimum Gasteiger partial charge on any atom is -0.322 e. The van der Waals surface area contributed by atoms with Crippen molar-refractivity contribution in [3.8, 4) is 0 Å². The molecule has 86 valence electrons.